The first kappa shape index (κ1) is 16.5. The molecule has 1 aromatic heterocycles. The predicted octanol–water partition coefficient (Wildman–Crippen LogP) is 4.54. The molecule has 24 heavy (non-hydrogen) atoms. The van der Waals surface area contributed by atoms with Gasteiger partial charge >= 0.3 is 0 Å². The Morgan fingerprint density at radius 1 is 1.21 bits per heavy atom. The summed E-state index contributed by atoms with van der Waals surface area (Å²) in [6, 6.07) is 14.6. The second kappa shape index (κ2) is 7.49. The monoisotopic (exact) mass is 339 g/mol. The second-order valence-corrected chi connectivity index (χ2v) is 7.03. The molecule has 0 radical (unpaired) electrons. The highest BCUT2D eigenvalue weighted by atomic mass is 32.2. The van der Waals surface area contributed by atoms with Crippen molar-refractivity contribution < 1.29 is 0 Å². The molecular weight excluding hydrogens is 318 g/mol. The fourth-order valence-corrected chi connectivity index (χ4v) is 2.97. The van der Waals surface area contributed by atoms with E-state index in [-0.39, 0.29) is 0 Å². The summed E-state index contributed by atoms with van der Waals surface area (Å²) in [4.78, 5) is 4.38. The van der Waals surface area contributed by atoms with Crippen molar-refractivity contribution in [2.24, 2.45) is 11.0 Å². The summed E-state index contributed by atoms with van der Waals surface area (Å²) >= 11 is 1.64. The van der Waals surface area contributed by atoms with Gasteiger partial charge < -0.3 is 0 Å². The van der Waals surface area contributed by atoms with Crippen molar-refractivity contribution in [3.8, 4) is 0 Å². The maximum Gasteiger partial charge on any atom is 0.240 e. The van der Waals surface area contributed by atoms with E-state index in [1.165, 1.54) is 10.8 Å². The fourth-order valence-electron chi connectivity index (χ4n) is 2.22. The SMILES string of the molecule is C/C(=N\Nc1nc(SCC(C)C)n[nH]1)c1ccc2ccccc2c1. The van der Waals surface area contributed by atoms with Gasteiger partial charge in [-0.15, -0.1) is 5.10 Å². The number of nitrogens with one attached hydrogen (secondary N) is 2. The molecule has 0 atom stereocenters. The molecule has 2 aromatic carbocycles. The van der Waals surface area contributed by atoms with E-state index in [1.807, 2.05) is 19.1 Å². The number of hydrogen-bond donors (Lipinski definition) is 2. The van der Waals surface area contributed by atoms with Crippen LogP contribution in [-0.4, -0.2) is 26.6 Å². The molecule has 0 amide bonds. The van der Waals surface area contributed by atoms with Crippen molar-refractivity contribution in [2.75, 3.05) is 11.2 Å². The van der Waals surface area contributed by atoms with Crippen molar-refractivity contribution in [2.45, 2.75) is 25.9 Å². The fraction of sp³-hybridized carbons (Fsp3) is 0.278. The van der Waals surface area contributed by atoms with Crippen LogP contribution in [0.3, 0.4) is 0 Å². The van der Waals surface area contributed by atoms with E-state index in [0.29, 0.717) is 11.9 Å². The zero-order chi connectivity index (χ0) is 16.9. The van der Waals surface area contributed by atoms with Crippen molar-refractivity contribution in [3.05, 3.63) is 48.0 Å². The van der Waals surface area contributed by atoms with Crippen LogP contribution >= 0.6 is 11.8 Å². The number of H-pyrrole nitrogens is 1. The third kappa shape index (κ3) is 4.14. The van der Waals surface area contributed by atoms with Gasteiger partial charge in [-0.1, -0.05) is 62.0 Å². The van der Waals surface area contributed by atoms with Crippen molar-refractivity contribution >= 4 is 34.2 Å². The Labute approximate surface area is 146 Å². The highest BCUT2D eigenvalue weighted by molar-refractivity contribution is 7.99. The lowest BCUT2D eigenvalue weighted by atomic mass is 10.0. The highest BCUT2D eigenvalue weighted by Gasteiger charge is 2.05. The van der Waals surface area contributed by atoms with Crippen LogP contribution in [0.2, 0.25) is 0 Å². The van der Waals surface area contributed by atoms with Gasteiger partial charge in [0.15, 0.2) is 0 Å². The third-order valence-electron chi connectivity index (χ3n) is 3.51. The van der Waals surface area contributed by atoms with Crippen LogP contribution in [0.1, 0.15) is 26.3 Å². The van der Waals surface area contributed by atoms with E-state index in [0.717, 1.165) is 22.2 Å². The summed E-state index contributed by atoms with van der Waals surface area (Å²) in [6.07, 6.45) is 0. The number of aromatic amines is 1. The first-order valence-corrected chi connectivity index (χ1v) is 8.95. The average molecular weight is 339 g/mol. The molecule has 2 N–H and O–H groups in total. The Kier molecular flexibility index (Phi) is 5.15. The Balaban J connectivity index is 1.69. The summed E-state index contributed by atoms with van der Waals surface area (Å²) in [5.41, 5.74) is 4.92. The summed E-state index contributed by atoms with van der Waals surface area (Å²) in [5.74, 6) is 2.16. The zero-order valence-electron chi connectivity index (χ0n) is 14.1. The van der Waals surface area contributed by atoms with E-state index in [9.17, 15) is 0 Å². The van der Waals surface area contributed by atoms with Crippen molar-refractivity contribution in [3.63, 3.8) is 0 Å². The van der Waals surface area contributed by atoms with Crippen LogP contribution < -0.4 is 5.43 Å². The molecule has 124 valence electrons. The van der Waals surface area contributed by atoms with Crippen molar-refractivity contribution in [1.29, 1.82) is 0 Å². The van der Waals surface area contributed by atoms with Crippen LogP contribution in [0, 0.1) is 5.92 Å². The van der Waals surface area contributed by atoms with Gasteiger partial charge in [0.05, 0.1) is 5.71 Å². The quantitative estimate of drug-likeness (QED) is 0.393. The van der Waals surface area contributed by atoms with E-state index >= 15 is 0 Å². The van der Waals surface area contributed by atoms with Crippen LogP contribution in [0.25, 0.3) is 10.8 Å². The second-order valence-electron chi connectivity index (χ2n) is 6.04. The largest absolute Gasteiger partial charge is 0.245 e. The average Bonchev–Trinajstić information content (AvgIpc) is 3.05. The van der Waals surface area contributed by atoms with Crippen LogP contribution in [0.4, 0.5) is 5.95 Å². The Morgan fingerprint density at radius 3 is 2.79 bits per heavy atom. The molecule has 0 fully saturated rings. The van der Waals surface area contributed by atoms with Crippen LogP contribution in [0.15, 0.2) is 52.7 Å². The summed E-state index contributed by atoms with van der Waals surface area (Å²) in [7, 11) is 0. The number of hydrogen-bond acceptors (Lipinski definition) is 5. The minimum absolute atomic E-state index is 0.557. The lowest BCUT2D eigenvalue weighted by Gasteiger charge is -2.03. The summed E-state index contributed by atoms with van der Waals surface area (Å²) in [6.45, 7) is 6.33. The standard InChI is InChI=1S/C18H21N5S/c1-12(2)11-24-18-19-17(22-23-18)21-20-13(3)15-9-8-14-6-4-5-7-16(14)10-15/h4-10,12H,11H2,1-3H3,(H2,19,21,22,23)/b20-13+. The topological polar surface area (TPSA) is 66.0 Å². The molecule has 0 aliphatic heterocycles. The molecule has 3 rings (SSSR count). The van der Waals surface area contributed by atoms with Gasteiger partial charge in [-0.3, -0.25) is 0 Å². The maximum absolute atomic E-state index is 4.40. The van der Waals surface area contributed by atoms with Gasteiger partial charge in [-0.25, -0.2) is 10.5 Å². The number of rotatable bonds is 6. The summed E-state index contributed by atoms with van der Waals surface area (Å²) < 4.78 is 0. The van der Waals surface area contributed by atoms with Gasteiger partial charge in [0, 0.05) is 5.75 Å². The Morgan fingerprint density at radius 2 is 2.00 bits per heavy atom. The number of fused-ring (bicyclic) bond motifs is 1. The molecule has 0 unspecified atom stereocenters. The first-order valence-electron chi connectivity index (χ1n) is 7.96. The number of aromatic nitrogens is 3. The number of hydrazone groups is 1. The molecule has 5 nitrogen and oxygen atoms in total. The van der Waals surface area contributed by atoms with Gasteiger partial charge in [-0.2, -0.15) is 10.1 Å². The van der Waals surface area contributed by atoms with Gasteiger partial charge in [0.1, 0.15) is 0 Å². The number of nitrogens with zero attached hydrogens (tertiary/aromatic N) is 3. The molecule has 1 heterocycles. The van der Waals surface area contributed by atoms with E-state index in [1.54, 1.807) is 11.8 Å². The van der Waals surface area contributed by atoms with Crippen LogP contribution in [-0.2, 0) is 0 Å². The van der Waals surface area contributed by atoms with Gasteiger partial charge in [0.2, 0.25) is 11.1 Å². The Bertz CT molecular complexity index is 853. The van der Waals surface area contributed by atoms with Gasteiger partial charge in [-0.05, 0) is 35.2 Å². The minimum atomic E-state index is 0.557. The smallest absolute Gasteiger partial charge is 0.240 e. The summed E-state index contributed by atoms with van der Waals surface area (Å²) in [5, 5.41) is 14.6. The molecule has 0 aliphatic rings. The first-order chi connectivity index (χ1) is 11.6. The number of thioether (sulfide) groups is 1. The number of benzene rings is 2. The van der Waals surface area contributed by atoms with Crippen LogP contribution in [0.5, 0.6) is 0 Å². The third-order valence-corrected chi connectivity index (χ3v) is 4.78. The van der Waals surface area contributed by atoms with E-state index in [4.69, 9.17) is 0 Å². The molecule has 0 saturated carbocycles. The molecule has 6 heteroatoms. The lowest BCUT2D eigenvalue weighted by molar-refractivity contribution is 0.748. The molecule has 0 bridgehead atoms. The molecular formula is C18H21N5S. The minimum Gasteiger partial charge on any atom is -0.245 e. The molecule has 3 aromatic rings. The molecule has 0 saturated heterocycles. The molecule has 0 aliphatic carbocycles. The van der Waals surface area contributed by atoms with Gasteiger partial charge in [0.25, 0.3) is 0 Å². The van der Waals surface area contributed by atoms with E-state index in [2.05, 4.69) is 69.9 Å². The van der Waals surface area contributed by atoms with E-state index < -0.39 is 0 Å². The van der Waals surface area contributed by atoms with Crippen molar-refractivity contribution in [1.82, 2.24) is 15.2 Å². The predicted molar refractivity (Wildman–Crippen MR) is 102 cm³/mol. The molecule has 0 spiro atoms. The number of anilines is 1. The highest BCUT2D eigenvalue weighted by Crippen LogP contribution is 2.18. The Hall–Kier alpha value is -2.34. The lowest BCUT2D eigenvalue weighted by Crippen LogP contribution is -2.00. The normalized spacial score (nSPS) is 12.1. The maximum atomic E-state index is 4.40. The zero-order valence-corrected chi connectivity index (χ0v) is 14.9.